The van der Waals surface area contributed by atoms with Crippen LogP contribution in [0.1, 0.15) is 5.56 Å². The average Bonchev–Trinajstić information content (AvgIpc) is 2.26. The van der Waals surface area contributed by atoms with Gasteiger partial charge in [-0.15, -0.1) is 0 Å². The fourth-order valence-corrected chi connectivity index (χ4v) is 1.09. The van der Waals surface area contributed by atoms with Gasteiger partial charge in [0.1, 0.15) is 5.75 Å². The van der Waals surface area contributed by atoms with E-state index in [0.717, 1.165) is 17.7 Å². The van der Waals surface area contributed by atoms with Crippen molar-refractivity contribution in [3.05, 3.63) is 42.6 Å². The van der Waals surface area contributed by atoms with Crippen LogP contribution in [0.3, 0.4) is 0 Å². The molecule has 0 aliphatic heterocycles. The lowest BCUT2D eigenvalue weighted by Gasteiger charge is -2.11. The average molecular weight is 191 g/mol. The van der Waals surface area contributed by atoms with E-state index in [9.17, 15) is 4.79 Å². The maximum Gasteiger partial charge on any atom is 0.213 e. The summed E-state index contributed by atoms with van der Waals surface area (Å²) >= 11 is 0. The Morgan fingerprint density at radius 3 is 2.50 bits per heavy atom. The molecule has 0 atom stereocenters. The van der Waals surface area contributed by atoms with Gasteiger partial charge < -0.3 is 9.64 Å². The predicted octanol–water partition coefficient (Wildman–Crippen LogP) is 1.80. The Balaban J connectivity index is 2.67. The van der Waals surface area contributed by atoms with Crippen LogP contribution in [0.5, 0.6) is 5.75 Å². The third-order valence-corrected chi connectivity index (χ3v) is 1.89. The molecule has 0 N–H and O–H groups in total. The third-order valence-electron chi connectivity index (χ3n) is 1.89. The second kappa shape index (κ2) is 5.07. The molecule has 1 amide bonds. The van der Waals surface area contributed by atoms with Crippen molar-refractivity contribution in [3.63, 3.8) is 0 Å². The topological polar surface area (TPSA) is 29.5 Å². The summed E-state index contributed by atoms with van der Waals surface area (Å²) < 4.78 is 5.02. The van der Waals surface area contributed by atoms with Crippen molar-refractivity contribution in [1.29, 1.82) is 0 Å². The molecule has 74 valence electrons. The fraction of sp³-hybridized carbons (Fsp3) is 0.182. The molecule has 1 rings (SSSR count). The van der Waals surface area contributed by atoms with E-state index in [1.54, 1.807) is 7.11 Å². The van der Waals surface area contributed by atoms with E-state index in [1.807, 2.05) is 24.3 Å². The highest BCUT2D eigenvalue weighted by molar-refractivity contribution is 5.49. The molecule has 0 aliphatic rings. The van der Waals surface area contributed by atoms with Gasteiger partial charge in [-0.1, -0.05) is 18.7 Å². The lowest BCUT2D eigenvalue weighted by atomic mass is 10.2. The number of hydrogen-bond acceptors (Lipinski definition) is 2. The Bertz CT molecular complexity index is 298. The van der Waals surface area contributed by atoms with Gasteiger partial charge in [0.05, 0.1) is 7.11 Å². The lowest BCUT2D eigenvalue weighted by molar-refractivity contribution is -0.116. The summed E-state index contributed by atoms with van der Waals surface area (Å²) in [6.07, 6.45) is 2.24. The van der Waals surface area contributed by atoms with E-state index in [4.69, 9.17) is 4.74 Å². The van der Waals surface area contributed by atoms with Crippen LogP contribution in [-0.2, 0) is 11.3 Å². The first kappa shape index (κ1) is 10.3. The van der Waals surface area contributed by atoms with E-state index < -0.39 is 0 Å². The van der Waals surface area contributed by atoms with Gasteiger partial charge in [0.25, 0.3) is 0 Å². The Hall–Kier alpha value is -1.77. The monoisotopic (exact) mass is 191 g/mol. The molecular formula is C11H13NO2. The summed E-state index contributed by atoms with van der Waals surface area (Å²) in [5.41, 5.74) is 1.04. The molecule has 1 aromatic rings. The van der Waals surface area contributed by atoms with Gasteiger partial charge in [-0.3, -0.25) is 4.79 Å². The molecule has 14 heavy (non-hydrogen) atoms. The Labute approximate surface area is 83.6 Å². The molecule has 3 heteroatoms. The predicted molar refractivity (Wildman–Crippen MR) is 54.8 cm³/mol. The van der Waals surface area contributed by atoms with E-state index in [0.29, 0.717) is 6.54 Å². The quantitative estimate of drug-likeness (QED) is 0.664. The van der Waals surface area contributed by atoms with Crippen LogP contribution in [0.4, 0.5) is 0 Å². The highest BCUT2D eigenvalue weighted by Crippen LogP contribution is 2.12. The van der Waals surface area contributed by atoms with Gasteiger partial charge >= 0.3 is 0 Å². The van der Waals surface area contributed by atoms with Crippen molar-refractivity contribution in [2.75, 3.05) is 7.11 Å². The van der Waals surface area contributed by atoms with Gasteiger partial charge in [-0.2, -0.15) is 0 Å². The maximum absolute atomic E-state index is 10.5. The van der Waals surface area contributed by atoms with Gasteiger partial charge in [-0.25, -0.2) is 0 Å². The molecule has 0 aromatic heterocycles. The summed E-state index contributed by atoms with van der Waals surface area (Å²) in [4.78, 5) is 12.0. The zero-order valence-electron chi connectivity index (χ0n) is 8.14. The Morgan fingerprint density at radius 2 is 2.07 bits per heavy atom. The SMILES string of the molecule is C=CN(C=O)Cc1ccc(OC)cc1. The fourth-order valence-electron chi connectivity index (χ4n) is 1.09. The van der Waals surface area contributed by atoms with Crippen LogP contribution in [0.25, 0.3) is 0 Å². The van der Waals surface area contributed by atoms with Crippen LogP contribution in [0.15, 0.2) is 37.0 Å². The lowest BCUT2D eigenvalue weighted by Crippen LogP contribution is -2.13. The summed E-state index contributed by atoms with van der Waals surface area (Å²) in [5.74, 6) is 0.810. The number of carbonyl (C=O) groups excluding carboxylic acids is 1. The number of rotatable bonds is 5. The van der Waals surface area contributed by atoms with Gasteiger partial charge in [0.15, 0.2) is 0 Å². The molecule has 0 heterocycles. The van der Waals surface area contributed by atoms with Crippen LogP contribution in [0, 0.1) is 0 Å². The van der Waals surface area contributed by atoms with Gasteiger partial charge in [0, 0.05) is 6.54 Å². The second-order valence-electron chi connectivity index (χ2n) is 2.81. The normalized spacial score (nSPS) is 9.21. The molecule has 1 aromatic carbocycles. The van der Waals surface area contributed by atoms with E-state index in [1.165, 1.54) is 11.1 Å². The third kappa shape index (κ3) is 2.62. The number of ether oxygens (including phenoxy) is 1. The van der Waals surface area contributed by atoms with Crippen molar-refractivity contribution in [3.8, 4) is 5.75 Å². The molecule has 0 spiro atoms. The molecule has 0 radical (unpaired) electrons. The molecular weight excluding hydrogens is 178 g/mol. The summed E-state index contributed by atoms with van der Waals surface area (Å²) in [5, 5.41) is 0. The number of benzene rings is 1. The Kier molecular flexibility index (Phi) is 3.73. The number of nitrogens with zero attached hydrogens (tertiary/aromatic N) is 1. The molecule has 3 nitrogen and oxygen atoms in total. The number of amides is 1. The second-order valence-corrected chi connectivity index (χ2v) is 2.81. The molecule has 0 bridgehead atoms. The van der Waals surface area contributed by atoms with Crippen molar-refractivity contribution < 1.29 is 9.53 Å². The first-order valence-electron chi connectivity index (χ1n) is 4.26. The highest BCUT2D eigenvalue weighted by Gasteiger charge is 1.98. The van der Waals surface area contributed by atoms with E-state index in [-0.39, 0.29) is 0 Å². The van der Waals surface area contributed by atoms with Crippen molar-refractivity contribution in [1.82, 2.24) is 4.90 Å². The van der Waals surface area contributed by atoms with Crippen LogP contribution < -0.4 is 4.74 Å². The smallest absolute Gasteiger partial charge is 0.213 e. The molecule has 0 saturated carbocycles. The first-order valence-corrected chi connectivity index (χ1v) is 4.26. The van der Waals surface area contributed by atoms with Gasteiger partial charge in [0.2, 0.25) is 6.41 Å². The molecule has 0 fully saturated rings. The minimum Gasteiger partial charge on any atom is -0.497 e. The summed E-state index contributed by atoms with van der Waals surface area (Å²) in [6, 6.07) is 7.56. The van der Waals surface area contributed by atoms with Crippen LogP contribution in [0.2, 0.25) is 0 Å². The standard InChI is InChI=1S/C11H13NO2/c1-3-12(9-13)8-10-4-6-11(14-2)7-5-10/h3-7,9H,1,8H2,2H3. The molecule has 0 saturated heterocycles. The highest BCUT2D eigenvalue weighted by atomic mass is 16.5. The van der Waals surface area contributed by atoms with Crippen LogP contribution in [-0.4, -0.2) is 18.4 Å². The minimum absolute atomic E-state index is 0.539. The van der Waals surface area contributed by atoms with E-state index in [2.05, 4.69) is 6.58 Å². The Morgan fingerprint density at radius 1 is 1.43 bits per heavy atom. The molecule has 0 aliphatic carbocycles. The van der Waals surface area contributed by atoms with Crippen LogP contribution >= 0.6 is 0 Å². The number of hydrogen-bond donors (Lipinski definition) is 0. The van der Waals surface area contributed by atoms with Crippen molar-refractivity contribution in [2.45, 2.75) is 6.54 Å². The summed E-state index contributed by atoms with van der Waals surface area (Å²) in [6.45, 7) is 4.07. The number of carbonyl (C=O) groups is 1. The summed E-state index contributed by atoms with van der Waals surface area (Å²) in [7, 11) is 1.62. The number of methoxy groups -OCH3 is 1. The van der Waals surface area contributed by atoms with E-state index >= 15 is 0 Å². The van der Waals surface area contributed by atoms with Crippen molar-refractivity contribution in [2.24, 2.45) is 0 Å². The molecule has 0 unspecified atom stereocenters. The zero-order valence-corrected chi connectivity index (χ0v) is 8.14. The largest absolute Gasteiger partial charge is 0.497 e. The first-order chi connectivity index (χ1) is 6.80. The minimum atomic E-state index is 0.539. The maximum atomic E-state index is 10.5. The van der Waals surface area contributed by atoms with Gasteiger partial charge in [-0.05, 0) is 23.9 Å². The zero-order chi connectivity index (χ0) is 10.4. The van der Waals surface area contributed by atoms with Crippen molar-refractivity contribution >= 4 is 6.41 Å².